The Morgan fingerprint density at radius 3 is 2.67 bits per heavy atom. The summed E-state index contributed by atoms with van der Waals surface area (Å²) in [6, 6.07) is 16.0. The molecule has 1 aliphatic heterocycles. The minimum absolute atomic E-state index is 0. The highest BCUT2D eigenvalue weighted by Gasteiger charge is 2.14. The average molecular weight is 368 g/mol. The van der Waals surface area contributed by atoms with E-state index in [1.165, 1.54) is 6.42 Å². The fourth-order valence-electron chi connectivity index (χ4n) is 2.69. The molecule has 1 atom stereocenters. The zero-order valence-corrected chi connectivity index (χ0v) is 15.1. The fourth-order valence-corrected chi connectivity index (χ4v) is 2.95. The normalized spacial score (nSPS) is 16.6. The van der Waals surface area contributed by atoms with Crippen molar-refractivity contribution in [1.82, 2.24) is 5.32 Å². The first kappa shape index (κ1) is 19.1. The number of benzene rings is 2. The topological polar surface area (TPSA) is 30.5 Å². The minimum atomic E-state index is 0. The molecule has 0 radical (unpaired) electrons. The molecule has 0 aromatic heterocycles. The van der Waals surface area contributed by atoms with Crippen molar-refractivity contribution in [3.05, 3.63) is 64.7 Å². The van der Waals surface area contributed by atoms with E-state index in [0.29, 0.717) is 17.7 Å². The Bertz CT molecular complexity index is 616. The van der Waals surface area contributed by atoms with Gasteiger partial charge in [-0.1, -0.05) is 48.0 Å². The molecule has 3 rings (SSSR count). The monoisotopic (exact) mass is 367 g/mol. The number of rotatable bonds is 7. The molecule has 2 aromatic carbocycles. The molecule has 3 nitrogen and oxygen atoms in total. The first-order chi connectivity index (χ1) is 11.3. The Balaban J connectivity index is 0.00000208. The maximum absolute atomic E-state index is 6.32. The zero-order valence-electron chi connectivity index (χ0n) is 13.5. The minimum Gasteiger partial charge on any atom is -0.487 e. The van der Waals surface area contributed by atoms with Crippen molar-refractivity contribution in [2.24, 2.45) is 0 Å². The van der Waals surface area contributed by atoms with E-state index < -0.39 is 0 Å². The van der Waals surface area contributed by atoms with Gasteiger partial charge in [-0.3, -0.25) is 0 Å². The largest absolute Gasteiger partial charge is 0.487 e. The summed E-state index contributed by atoms with van der Waals surface area (Å²) in [6.07, 6.45) is 2.69. The van der Waals surface area contributed by atoms with Crippen LogP contribution in [0.4, 0.5) is 0 Å². The molecular weight excluding hydrogens is 345 g/mol. The van der Waals surface area contributed by atoms with Crippen LogP contribution in [0, 0.1) is 0 Å². The quantitative estimate of drug-likeness (QED) is 0.774. The van der Waals surface area contributed by atoms with Crippen LogP contribution in [0.1, 0.15) is 24.0 Å². The molecule has 0 spiro atoms. The van der Waals surface area contributed by atoms with Crippen LogP contribution in [0.15, 0.2) is 48.5 Å². The summed E-state index contributed by atoms with van der Waals surface area (Å²) in [7, 11) is 0. The lowest BCUT2D eigenvalue weighted by atomic mass is 10.2. The molecule has 1 heterocycles. The third-order valence-electron chi connectivity index (χ3n) is 3.96. The van der Waals surface area contributed by atoms with Gasteiger partial charge in [-0.25, -0.2) is 0 Å². The van der Waals surface area contributed by atoms with Gasteiger partial charge in [0.15, 0.2) is 0 Å². The third-order valence-corrected chi connectivity index (χ3v) is 4.25. The van der Waals surface area contributed by atoms with Gasteiger partial charge in [0.25, 0.3) is 0 Å². The number of hydrogen-bond acceptors (Lipinski definition) is 3. The molecular formula is C19H23Cl2NO2. The van der Waals surface area contributed by atoms with E-state index in [1.54, 1.807) is 0 Å². The van der Waals surface area contributed by atoms with Crippen molar-refractivity contribution in [3.8, 4) is 5.75 Å². The molecule has 1 saturated heterocycles. The van der Waals surface area contributed by atoms with Gasteiger partial charge in [0.2, 0.25) is 0 Å². The molecule has 1 N–H and O–H groups in total. The Hall–Kier alpha value is -1.26. The van der Waals surface area contributed by atoms with Crippen molar-refractivity contribution >= 4 is 24.0 Å². The second-order valence-corrected chi connectivity index (χ2v) is 6.21. The third kappa shape index (κ3) is 5.67. The zero-order chi connectivity index (χ0) is 15.9. The molecule has 1 aliphatic rings. The van der Waals surface area contributed by atoms with E-state index in [4.69, 9.17) is 21.1 Å². The Kier molecular flexibility index (Phi) is 7.86. The van der Waals surface area contributed by atoms with Gasteiger partial charge in [0.05, 0.1) is 11.1 Å². The Labute approximate surface area is 154 Å². The fraction of sp³-hybridized carbons (Fsp3) is 0.368. The summed E-state index contributed by atoms with van der Waals surface area (Å²) >= 11 is 6.32. The standard InChI is InChI=1S/C19H22ClNO2.ClH/c20-18-11-16(12-21-13-17-7-4-10-22-17)8-9-19(18)23-14-15-5-2-1-3-6-15;/h1-3,5-6,8-9,11,17,21H,4,7,10,12-14H2;1H. The molecule has 24 heavy (non-hydrogen) atoms. The molecule has 0 amide bonds. The van der Waals surface area contributed by atoms with Crippen molar-refractivity contribution in [3.63, 3.8) is 0 Å². The van der Waals surface area contributed by atoms with Gasteiger partial charge in [-0.15, -0.1) is 12.4 Å². The molecule has 2 aromatic rings. The van der Waals surface area contributed by atoms with Crippen LogP contribution in [-0.2, 0) is 17.9 Å². The van der Waals surface area contributed by atoms with Crippen LogP contribution in [0.2, 0.25) is 5.02 Å². The molecule has 0 bridgehead atoms. The summed E-state index contributed by atoms with van der Waals surface area (Å²) in [5, 5.41) is 4.07. The molecule has 130 valence electrons. The number of hydrogen-bond donors (Lipinski definition) is 1. The first-order valence-electron chi connectivity index (χ1n) is 8.09. The van der Waals surface area contributed by atoms with Gasteiger partial charge < -0.3 is 14.8 Å². The van der Waals surface area contributed by atoms with E-state index in [-0.39, 0.29) is 12.4 Å². The predicted molar refractivity (Wildman–Crippen MR) is 100 cm³/mol. The first-order valence-corrected chi connectivity index (χ1v) is 8.46. The molecule has 0 saturated carbocycles. The van der Waals surface area contributed by atoms with Gasteiger partial charge in [0.1, 0.15) is 12.4 Å². The van der Waals surface area contributed by atoms with Gasteiger partial charge in [0, 0.05) is 19.7 Å². The summed E-state index contributed by atoms with van der Waals surface area (Å²) in [5.74, 6) is 0.721. The van der Waals surface area contributed by atoms with Crippen LogP contribution in [0.3, 0.4) is 0 Å². The van der Waals surface area contributed by atoms with Crippen molar-refractivity contribution in [2.45, 2.75) is 32.1 Å². The van der Waals surface area contributed by atoms with Gasteiger partial charge in [-0.2, -0.15) is 0 Å². The van der Waals surface area contributed by atoms with E-state index >= 15 is 0 Å². The van der Waals surface area contributed by atoms with Crippen LogP contribution in [-0.4, -0.2) is 19.3 Å². The lowest BCUT2D eigenvalue weighted by molar-refractivity contribution is 0.110. The highest BCUT2D eigenvalue weighted by atomic mass is 35.5. The van der Waals surface area contributed by atoms with E-state index in [1.807, 2.05) is 42.5 Å². The van der Waals surface area contributed by atoms with Crippen molar-refractivity contribution < 1.29 is 9.47 Å². The molecule has 5 heteroatoms. The molecule has 1 fully saturated rings. The van der Waals surface area contributed by atoms with E-state index in [0.717, 1.165) is 43.0 Å². The van der Waals surface area contributed by atoms with Gasteiger partial charge in [-0.05, 0) is 36.1 Å². The van der Waals surface area contributed by atoms with Crippen LogP contribution >= 0.6 is 24.0 Å². The van der Waals surface area contributed by atoms with Crippen molar-refractivity contribution in [1.29, 1.82) is 0 Å². The maximum Gasteiger partial charge on any atom is 0.138 e. The average Bonchev–Trinajstić information content (AvgIpc) is 3.08. The highest BCUT2D eigenvalue weighted by molar-refractivity contribution is 6.32. The number of halogens is 2. The number of ether oxygens (including phenoxy) is 2. The van der Waals surface area contributed by atoms with Crippen LogP contribution in [0.5, 0.6) is 5.75 Å². The van der Waals surface area contributed by atoms with Crippen molar-refractivity contribution in [2.75, 3.05) is 13.2 Å². The smallest absolute Gasteiger partial charge is 0.138 e. The summed E-state index contributed by atoms with van der Waals surface area (Å²) in [4.78, 5) is 0. The SMILES string of the molecule is Cl.Clc1cc(CNCC2CCCO2)ccc1OCc1ccccc1. The summed E-state index contributed by atoms with van der Waals surface area (Å²) in [5.41, 5.74) is 2.28. The lowest BCUT2D eigenvalue weighted by Crippen LogP contribution is -2.25. The Morgan fingerprint density at radius 2 is 1.96 bits per heavy atom. The summed E-state index contributed by atoms with van der Waals surface area (Å²) in [6.45, 7) is 3.10. The van der Waals surface area contributed by atoms with E-state index in [2.05, 4.69) is 11.4 Å². The molecule has 0 aliphatic carbocycles. The second-order valence-electron chi connectivity index (χ2n) is 5.80. The number of nitrogens with one attached hydrogen (secondary N) is 1. The lowest BCUT2D eigenvalue weighted by Gasteiger charge is -2.12. The van der Waals surface area contributed by atoms with Gasteiger partial charge >= 0.3 is 0 Å². The van der Waals surface area contributed by atoms with E-state index in [9.17, 15) is 0 Å². The predicted octanol–water partition coefficient (Wildman–Crippen LogP) is 4.61. The molecule has 1 unspecified atom stereocenters. The maximum atomic E-state index is 6.32. The van der Waals surface area contributed by atoms with Crippen LogP contribution < -0.4 is 10.1 Å². The second kappa shape index (κ2) is 9.90. The highest BCUT2D eigenvalue weighted by Crippen LogP contribution is 2.26. The van der Waals surface area contributed by atoms with Crippen LogP contribution in [0.25, 0.3) is 0 Å². The Morgan fingerprint density at radius 1 is 1.12 bits per heavy atom. The summed E-state index contributed by atoms with van der Waals surface area (Å²) < 4.78 is 11.4.